The van der Waals surface area contributed by atoms with Crippen molar-refractivity contribution in [2.75, 3.05) is 27.2 Å². The molecular formula is C23H24FN3O3. The summed E-state index contributed by atoms with van der Waals surface area (Å²) in [7, 11) is 3.72. The molecule has 0 aliphatic carbocycles. The van der Waals surface area contributed by atoms with Gasteiger partial charge in [-0.25, -0.2) is 4.39 Å². The molecule has 4 rings (SSSR count). The van der Waals surface area contributed by atoms with Crippen LogP contribution in [0.5, 0.6) is 0 Å². The number of hydrogen-bond donors (Lipinski definition) is 2. The van der Waals surface area contributed by atoms with E-state index in [1.54, 1.807) is 4.90 Å². The van der Waals surface area contributed by atoms with Crippen molar-refractivity contribution in [1.82, 2.24) is 14.8 Å². The van der Waals surface area contributed by atoms with Gasteiger partial charge in [0.25, 0.3) is 5.91 Å². The number of carbonyl (C=O) groups is 1. The molecule has 1 amide bonds. The van der Waals surface area contributed by atoms with Crippen LogP contribution in [0, 0.1) is 5.82 Å². The number of aromatic nitrogens is 1. The van der Waals surface area contributed by atoms with Gasteiger partial charge in [-0.3, -0.25) is 9.59 Å². The topological polar surface area (TPSA) is 76.6 Å². The molecule has 1 aromatic heterocycles. The average molecular weight is 409 g/mol. The summed E-state index contributed by atoms with van der Waals surface area (Å²) in [4.78, 5) is 31.8. The van der Waals surface area contributed by atoms with Gasteiger partial charge in [0.2, 0.25) is 0 Å². The van der Waals surface area contributed by atoms with Crippen molar-refractivity contribution >= 4 is 16.8 Å². The van der Waals surface area contributed by atoms with E-state index in [0.29, 0.717) is 13.0 Å². The van der Waals surface area contributed by atoms with Gasteiger partial charge in [-0.2, -0.15) is 0 Å². The zero-order valence-corrected chi connectivity index (χ0v) is 16.9. The fourth-order valence-corrected chi connectivity index (χ4v) is 4.28. The fraction of sp³-hybridized carbons (Fsp3) is 0.304. The lowest BCUT2D eigenvalue weighted by molar-refractivity contribution is -0.0811. The number of fused-ring (bicyclic) bond motifs is 1. The Morgan fingerprint density at radius 2 is 1.93 bits per heavy atom. The number of aromatic amines is 1. The van der Waals surface area contributed by atoms with Gasteiger partial charge in [0.15, 0.2) is 5.43 Å². The van der Waals surface area contributed by atoms with E-state index in [-0.39, 0.29) is 35.1 Å². The Labute approximate surface area is 173 Å². The Balaban J connectivity index is 1.66. The number of pyridine rings is 1. The minimum Gasteiger partial charge on any atom is -0.383 e. The highest BCUT2D eigenvalue weighted by Crippen LogP contribution is 2.35. The maximum Gasteiger partial charge on any atom is 0.270 e. The van der Waals surface area contributed by atoms with Crippen LogP contribution in [0.15, 0.2) is 59.4 Å². The summed E-state index contributed by atoms with van der Waals surface area (Å²) in [5, 5.41) is 11.7. The lowest BCUT2D eigenvalue weighted by Gasteiger charge is -2.47. The summed E-state index contributed by atoms with van der Waals surface area (Å²) >= 11 is 0. The number of aliphatic hydroxyl groups is 1. The lowest BCUT2D eigenvalue weighted by Crippen LogP contribution is -2.60. The minimum atomic E-state index is -1.11. The Morgan fingerprint density at radius 3 is 2.63 bits per heavy atom. The molecule has 1 saturated heterocycles. The largest absolute Gasteiger partial charge is 0.383 e. The van der Waals surface area contributed by atoms with Gasteiger partial charge in [-0.05, 0) is 38.2 Å². The fourth-order valence-electron chi connectivity index (χ4n) is 4.28. The third-order valence-corrected chi connectivity index (χ3v) is 5.94. The summed E-state index contributed by atoms with van der Waals surface area (Å²) in [6.45, 7) is 0.584. The van der Waals surface area contributed by atoms with E-state index in [4.69, 9.17) is 0 Å². The summed E-state index contributed by atoms with van der Waals surface area (Å²) < 4.78 is 14.2. The van der Waals surface area contributed by atoms with Gasteiger partial charge < -0.3 is 19.9 Å². The first-order chi connectivity index (χ1) is 14.3. The molecule has 1 aliphatic heterocycles. The lowest BCUT2D eigenvalue weighted by atomic mass is 9.79. The van der Waals surface area contributed by atoms with Gasteiger partial charge in [0.05, 0.1) is 11.6 Å². The third-order valence-electron chi connectivity index (χ3n) is 5.94. The predicted molar refractivity (Wildman–Crippen MR) is 113 cm³/mol. The highest BCUT2D eigenvalue weighted by molar-refractivity contribution is 5.95. The van der Waals surface area contributed by atoms with Crippen LogP contribution in [-0.4, -0.2) is 59.0 Å². The second kappa shape index (κ2) is 7.66. The molecule has 30 heavy (non-hydrogen) atoms. The van der Waals surface area contributed by atoms with Crippen molar-refractivity contribution in [3.63, 3.8) is 0 Å². The zero-order valence-electron chi connectivity index (χ0n) is 16.9. The molecule has 2 atom stereocenters. The minimum absolute atomic E-state index is 0.0234. The number of amides is 1. The highest BCUT2D eigenvalue weighted by Gasteiger charge is 2.45. The number of likely N-dealkylation sites (tertiary alicyclic amines) is 1. The van der Waals surface area contributed by atoms with Gasteiger partial charge in [0.1, 0.15) is 17.1 Å². The number of halogens is 1. The van der Waals surface area contributed by atoms with Crippen molar-refractivity contribution in [2.24, 2.45) is 0 Å². The average Bonchev–Trinajstić information content (AvgIpc) is 2.74. The van der Waals surface area contributed by atoms with Gasteiger partial charge in [-0.15, -0.1) is 0 Å². The second-order valence-corrected chi connectivity index (χ2v) is 7.98. The molecule has 2 aromatic carbocycles. The molecule has 0 saturated carbocycles. The highest BCUT2D eigenvalue weighted by atomic mass is 19.1. The molecule has 3 aromatic rings. The number of likely N-dealkylation sites (N-methyl/N-ethyl adjacent to an activating group) is 1. The number of carbonyl (C=O) groups excluding carboxylic acids is 1. The normalized spacial score (nSPS) is 21.9. The van der Waals surface area contributed by atoms with Crippen LogP contribution in [0.4, 0.5) is 4.39 Å². The van der Waals surface area contributed by atoms with Crippen LogP contribution in [-0.2, 0) is 5.60 Å². The Morgan fingerprint density at radius 1 is 1.20 bits per heavy atom. The molecule has 1 fully saturated rings. The molecule has 1 aliphatic rings. The van der Waals surface area contributed by atoms with Gasteiger partial charge in [-0.1, -0.05) is 36.4 Å². The quantitative estimate of drug-likeness (QED) is 0.696. The van der Waals surface area contributed by atoms with Crippen LogP contribution in [0.2, 0.25) is 0 Å². The van der Waals surface area contributed by atoms with E-state index in [9.17, 15) is 19.1 Å². The van der Waals surface area contributed by atoms with E-state index in [1.165, 1.54) is 24.3 Å². The number of hydrogen-bond acceptors (Lipinski definition) is 4. The number of nitrogens with zero attached hydrogens (tertiary/aromatic N) is 2. The van der Waals surface area contributed by atoms with Gasteiger partial charge >= 0.3 is 0 Å². The first-order valence-electron chi connectivity index (χ1n) is 9.86. The van der Waals surface area contributed by atoms with E-state index in [2.05, 4.69) is 4.98 Å². The summed E-state index contributed by atoms with van der Waals surface area (Å²) in [6.07, 6.45) is 0.345. The van der Waals surface area contributed by atoms with Crippen molar-refractivity contribution in [3.05, 3.63) is 81.9 Å². The molecule has 6 nitrogen and oxygen atoms in total. The van der Waals surface area contributed by atoms with Crippen LogP contribution in [0.25, 0.3) is 10.9 Å². The summed E-state index contributed by atoms with van der Waals surface area (Å²) in [6, 6.07) is 14.5. The van der Waals surface area contributed by atoms with E-state index < -0.39 is 16.8 Å². The molecule has 0 bridgehead atoms. The Kier molecular flexibility index (Phi) is 5.17. The maximum absolute atomic E-state index is 14.2. The SMILES string of the molecule is CN(C)[C@@H]1CN(C(=O)c2cc(=O)c3cccc(F)c3[nH]2)CC[C@]1(O)c1ccccc1. The first-order valence-corrected chi connectivity index (χ1v) is 9.86. The number of H-pyrrole nitrogens is 1. The predicted octanol–water partition coefficient (Wildman–Crippen LogP) is 2.33. The molecule has 0 radical (unpaired) electrons. The van der Waals surface area contributed by atoms with Crippen molar-refractivity contribution in [1.29, 1.82) is 0 Å². The van der Waals surface area contributed by atoms with Crippen LogP contribution < -0.4 is 5.43 Å². The zero-order chi connectivity index (χ0) is 21.5. The smallest absolute Gasteiger partial charge is 0.270 e. The van der Waals surface area contributed by atoms with E-state index in [1.807, 2.05) is 49.3 Å². The molecule has 7 heteroatoms. The molecule has 156 valence electrons. The van der Waals surface area contributed by atoms with E-state index >= 15 is 0 Å². The summed E-state index contributed by atoms with van der Waals surface area (Å²) in [5.74, 6) is -0.971. The molecule has 0 spiro atoms. The van der Waals surface area contributed by atoms with Crippen LogP contribution in [0.1, 0.15) is 22.5 Å². The number of nitrogens with one attached hydrogen (secondary N) is 1. The van der Waals surface area contributed by atoms with Crippen molar-refractivity contribution in [2.45, 2.75) is 18.1 Å². The van der Waals surface area contributed by atoms with Crippen LogP contribution in [0.3, 0.4) is 0 Å². The molecule has 2 heterocycles. The number of para-hydroxylation sites is 1. The Hall–Kier alpha value is -3.03. The summed E-state index contributed by atoms with van der Waals surface area (Å²) in [5.41, 5.74) is -0.647. The monoisotopic (exact) mass is 409 g/mol. The number of piperidine rings is 1. The van der Waals surface area contributed by atoms with Crippen molar-refractivity contribution < 1.29 is 14.3 Å². The van der Waals surface area contributed by atoms with Gasteiger partial charge in [0, 0.05) is 24.5 Å². The standard InChI is InChI=1S/C23H24FN3O3/c1-26(2)20-14-27(12-11-23(20,30)15-7-4-3-5-8-15)22(29)18-13-19(28)16-9-6-10-17(24)21(16)25-18/h3-10,13,20,30H,11-12,14H2,1-2H3,(H,25,28)/t20-,23+/m1/s1. The molecule has 0 unspecified atom stereocenters. The maximum atomic E-state index is 14.2. The Bertz CT molecular complexity index is 1150. The van der Waals surface area contributed by atoms with Crippen molar-refractivity contribution in [3.8, 4) is 0 Å². The second-order valence-electron chi connectivity index (χ2n) is 7.98. The molecular weight excluding hydrogens is 385 g/mol. The number of rotatable bonds is 3. The molecule has 2 N–H and O–H groups in total. The van der Waals surface area contributed by atoms with E-state index in [0.717, 1.165) is 5.56 Å². The first kappa shape index (κ1) is 20.3. The third kappa shape index (κ3) is 3.40. The number of benzene rings is 2. The van der Waals surface area contributed by atoms with Crippen LogP contribution >= 0.6 is 0 Å².